The average molecular weight is 461 g/mol. The zero-order chi connectivity index (χ0) is 23.9. The molecule has 2 amide bonds. The van der Waals surface area contributed by atoms with Crippen molar-refractivity contribution in [3.63, 3.8) is 0 Å². The van der Waals surface area contributed by atoms with E-state index in [1.54, 1.807) is 41.6 Å². The van der Waals surface area contributed by atoms with Crippen LogP contribution in [0.25, 0.3) is 22.3 Å². The van der Waals surface area contributed by atoms with Gasteiger partial charge < -0.3 is 20.6 Å². The number of hydrogen-bond acceptors (Lipinski definition) is 5. The van der Waals surface area contributed by atoms with Crippen molar-refractivity contribution in [2.24, 2.45) is 5.41 Å². The number of nitrogens with zero attached hydrogens (tertiary/aromatic N) is 2. The molecule has 7 nitrogen and oxygen atoms in total. The summed E-state index contributed by atoms with van der Waals surface area (Å²) < 4.78 is 14.5. The third-order valence-corrected chi connectivity index (χ3v) is 6.63. The zero-order valence-corrected chi connectivity index (χ0v) is 18.8. The highest BCUT2D eigenvalue weighted by Gasteiger charge is 2.45. The van der Waals surface area contributed by atoms with Crippen LogP contribution in [0.3, 0.4) is 0 Å². The van der Waals surface area contributed by atoms with Gasteiger partial charge in [0.15, 0.2) is 0 Å². The van der Waals surface area contributed by atoms with Gasteiger partial charge in [-0.3, -0.25) is 14.6 Å². The third kappa shape index (κ3) is 4.01. The number of rotatable bonds is 4. The molecule has 2 fully saturated rings. The number of anilines is 2. The number of para-hydroxylation sites is 1. The van der Waals surface area contributed by atoms with Crippen molar-refractivity contribution in [1.82, 2.24) is 10.3 Å². The molecule has 0 bridgehead atoms. The number of hydrogen-bond donors (Lipinski definition) is 3. The second-order valence-corrected chi connectivity index (χ2v) is 9.09. The first kappa shape index (κ1) is 22.0. The maximum atomic E-state index is 14.5. The predicted octanol–water partition coefficient (Wildman–Crippen LogP) is 3.94. The Hall–Kier alpha value is -3.78. The number of benzene rings is 2. The van der Waals surface area contributed by atoms with E-state index in [1.165, 1.54) is 19.1 Å². The maximum absolute atomic E-state index is 14.5. The first-order chi connectivity index (χ1) is 16.3. The summed E-state index contributed by atoms with van der Waals surface area (Å²) in [5, 5.41) is 16.9. The van der Waals surface area contributed by atoms with Gasteiger partial charge in [-0.2, -0.15) is 0 Å². The minimum absolute atomic E-state index is 0.0164. The van der Waals surface area contributed by atoms with Crippen LogP contribution in [0.1, 0.15) is 19.8 Å². The fourth-order valence-electron chi connectivity index (χ4n) is 4.92. The Morgan fingerprint density at radius 2 is 1.97 bits per heavy atom. The number of amides is 2. The van der Waals surface area contributed by atoms with Gasteiger partial charge in [0, 0.05) is 54.7 Å². The molecule has 1 aromatic heterocycles. The topological polar surface area (TPSA) is 94.6 Å². The smallest absolute Gasteiger partial charge is 0.227 e. The van der Waals surface area contributed by atoms with Crippen molar-refractivity contribution in [3.05, 3.63) is 60.7 Å². The molecule has 3 N–H and O–H groups in total. The summed E-state index contributed by atoms with van der Waals surface area (Å²) >= 11 is 0. The van der Waals surface area contributed by atoms with Gasteiger partial charge in [0.05, 0.1) is 17.6 Å². The van der Waals surface area contributed by atoms with Crippen LogP contribution in [0.5, 0.6) is 5.75 Å². The van der Waals surface area contributed by atoms with Gasteiger partial charge in [0.25, 0.3) is 0 Å². The molecule has 8 heteroatoms. The highest BCUT2D eigenvalue weighted by Crippen LogP contribution is 2.42. The molecule has 34 heavy (non-hydrogen) atoms. The van der Waals surface area contributed by atoms with Crippen LogP contribution in [0.15, 0.2) is 54.9 Å². The lowest BCUT2D eigenvalue weighted by Crippen LogP contribution is -2.30. The van der Waals surface area contributed by atoms with Crippen LogP contribution in [0, 0.1) is 11.2 Å². The molecule has 1 atom stereocenters. The Balaban J connectivity index is 1.47. The van der Waals surface area contributed by atoms with Crippen LogP contribution < -0.4 is 15.5 Å². The molecule has 0 saturated carbocycles. The summed E-state index contributed by atoms with van der Waals surface area (Å²) in [5.74, 6) is -0.896. The molecule has 174 valence electrons. The minimum Gasteiger partial charge on any atom is -0.507 e. The molecule has 3 aromatic rings. The first-order valence-corrected chi connectivity index (χ1v) is 11.2. The fraction of sp³-hybridized carbons (Fsp3) is 0.269. The largest absolute Gasteiger partial charge is 0.507 e. The standard InChI is InChI=1S/C26H25FN4O3/c1-16(32)30-23-6-5-17(10-22(23)27)20-3-2-4-21(25(20)34)18-9-19(13-29-12-18)31-15-26(11-24(31)33)7-8-28-14-26/h2-6,9-10,12-13,28,34H,7-8,11,14-15H2,1H3,(H,30,32). The van der Waals surface area contributed by atoms with Gasteiger partial charge in [0.1, 0.15) is 11.6 Å². The quantitative estimate of drug-likeness (QED) is 0.548. The van der Waals surface area contributed by atoms with Crippen LogP contribution in [-0.2, 0) is 9.59 Å². The maximum Gasteiger partial charge on any atom is 0.227 e. The lowest BCUT2D eigenvalue weighted by Gasteiger charge is -2.22. The normalized spacial score (nSPS) is 19.7. The molecule has 2 aliphatic rings. The van der Waals surface area contributed by atoms with E-state index >= 15 is 0 Å². The molecule has 3 heterocycles. The van der Waals surface area contributed by atoms with Crippen LogP contribution in [0.4, 0.5) is 15.8 Å². The molecule has 2 saturated heterocycles. The Morgan fingerprint density at radius 1 is 1.18 bits per heavy atom. The molecule has 5 rings (SSSR count). The van der Waals surface area contributed by atoms with Gasteiger partial charge in [0.2, 0.25) is 11.8 Å². The Kier molecular flexibility index (Phi) is 5.53. The summed E-state index contributed by atoms with van der Waals surface area (Å²) in [6.07, 6.45) is 4.80. The van der Waals surface area contributed by atoms with Gasteiger partial charge in [-0.05, 0) is 36.7 Å². The minimum atomic E-state index is -0.593. The molecule has 2 aromatic carbocycles. The van der Waals surface area contributed by atoms with E-state index in [0.29, 0.717) is 40.9 Å². The van der Waals surface area contributed by atoms with Crippen molar-refractivity contribution in [3.8, 4) is 28.0 Å². The van der Waals surface area contributed by atoms with Crippen LogP contribution in [0.2, 0.25) is 0 Å². The van der Waals surface area contributed by atoms with E-state index in [-0.39, 0.29) is 28.7 Å². The van der Waals surface area contributed by atoms with Crippen molar-refractivity contribution in [2.75, 3.05) is 29.9 Å². The molecule has 1 spiro atoms. The summed E-state index contributed by atoms with van der Waals surface area (Å²) in [7, 11) is 0. The second kappa shape index (κ2) is 8.53. The van der Waals surface area contributed by atoms with E-state index < -0.39 is 5.82 Å². The number of nitrogens with one attached hydrogen (secondary N) is 2. The Labute approximate surface area is 196 Å². The van der Waals surface area contributed by atoms with Gasteiger partial charge in [-0.25, -0.2) is 4.39 Å². The van der Waals surface area contributed by atoms with Crippen molar-refractivity contribution in [1.29, 1.82) is 0 Å². The van der Waals surface area contributed by atoms with Crippen molar-refractivity contribution < 1.29 is 19.1 Å². The number of phenols is 1. The first-order valence-electron chi connectivity index (χ1n) is 11.2. The molecule has 1 unspecified atom stereocenters. The number of carbonyl (C=O) groups is 2. The SMILES string of the molecule is CC(=O)Nc1ccc(-c2cccc(-c3cncc(N4CC5(CCNC5)CC4=O)c3)c2O)cc1F. The number of pyridine rings is 1. The van der Waals surface area contributed by atoms with E-state index in [9.17, 15) is 19.1 Å². The number of halogens is 1. The molecular formula is C26H25FN4O3. The van der Waals surface area contributed by atoms with E-state index in [4.69, 9.17) is 0 Å². The van der Waals surface area contributed by atoms with Gasteiger partial charge >= 0.3 is 0 Å². The molecular weight excluding hydrogens is 435 g/mol. The number of carbonyl (C=O) groups excluding carboxylic acids is 2. The highest BCUT2D eigenvalue weighted by molar-refractivity contribution is 5.97. The van der Waals surface area contributed by atoms with Crippen LogP contribution in [-0.4, -0.2) is 41.5 Å². The summed E-state index contributed by atoms with van der Waals surface area (Å²) in [6, 6.07) is 11.5. The third-order valence-electron chi connectivity index (χ3n) is 6.63. The Morgan fingerprint density at radius 3 is 2.68 bits per heavy atom. The average Bonchev–Trinajstić information content (AvgIpc) is 3.40. The van der Waals surface area contributed by atoms with Gasteiger partial charge in [-0.15, -0.1) is 0 Å². The molecule has 0 aliphatic carbocycles. The lowest BCUT2D eigenvalue weighted by molar-refractivity contribution is -0.117. The number of phenolic OH excluding ortho intramolecular Hbond substituents is 1. The van der Waals surface area contributed by atoms with Gasteiger partial charge in [-0.1, -0.05) is 24.3 Å². The fourth-order valence-corrected chi connectivity index (χ4v) is 4.92. The number of aromatic hydroxyl groups is 1. The number of aromatic nitrogens is 1. The molecule has 0 radical (unpaired) electrons. The van der Waals surface area contributed by atoms with E-state index in [2.05, 4.69) is 15.6 Å². The zero-order valence-electron chi connectivity index (χ0n) is 18.8. The summed E-state index contributed by atoms with van der Waals surface area (Å²) in [6.45, 7) is 3.72. The summed E-state index contributed by atoms with van der Waals surface area (Å²) in [5.41, 5.74) is 2.86. The predicted molar refractivity (Wildman–Crippen MR) is 128 cm³/mol. The van der Waals surface area contributed by atoms with Crippen molar-refractivity contribution >= 4 is 23.2 Å². The monoisotopic (exact) mass is 460 g/mol. The van der Waals surface area contributed by atoms with Crippen molar-refractivity contribution in [2.45, 2.75) is 19.8 Å². The highest BCUT2D eigenvalue weighted by atomic mass is 19.1. The Bertz CT molecular complexity index is 1290. The van der Waals surface area contributed by atoms with E-state index in [0.717, 1.165) is 19.5 Å². The molecule has 2 aliphatic heterocycles. The summed E-state index contributed by atoms with van der Waals surface area (Å²) in [4.78, 5) is 30.1. The second-order valence-electron chi connectivity index (χ2n) is 9.09. The van der Waals surface area contributed by atoms with Crippen LogP contribution >= 0.6 is 0 Å². The van der Waals surface area contributed by atoms with E-state index in [1.807, 2.05) is 6.07 Å². The lowest BCUT2D eigenvalue weighted by atomic mass is 9.86.